The highest BCUT2D eigenvalue weighted by atomic mass is 79.9. The van der Waals surface area contributed by atoms with Crippen molar-refractivity contribution in [2.24, 2.45) is 0 Å². The lowest BCUT2D eigenvalue weighted by atomic mass is 10.2. The molecule has 0 aliphatic carbocycles. The van der Waals surface area contributed by atoms with Gasteiger partial charge in [0.1, 0.15) is 11.5 Å². The van der Waals surface area contributed by atoms with Gasteiger partial charge in [-0.3, -0.25) is 0 Å². The summed E-state index contributed by atoms with van der Waals surface area (Å²) < 4.78 is 6.30. The highest BCUT2D eigenvalue weighted by Gasteiger charge is 2.04. The summed E-state index contributed by atoms with van der Waals surface area (Å²) in [5.41, 5.74) is 1.84. The maximum atomic E-state index is 9.91. The van der Waals surface area contributed by atoms with E-state index in [2.05, 4.69) is 21.2 Å². The highest BCUT2D eigenvalue weighted by molar-refractivity contribution is 9.10. The first-order chi connectivity index (χ1) is 9.56. The van der Waals surface area contributed by atoms with Crippen LogP contribution in [0.5, 0.6) is 11.5 Å². The van der Waals surface area contributed by atoms with Crippen molar-refractivity contribution >= 4 is 21.6 Å². The number of rotatable bonds is 5. The van der Waals surface area contributed by atoms with Crippen molar-refractivity contribution in [1.29, 1.82) is 0 Å². The van der Waals surface area contributed by atoms with E-state index in [1.165, 1.54) is 0 Å². The third-order valence-electron chi connectivity index (χ3n) is 2.78. The van der Waals surface area contributed by atoms with Crippen molar-refractivity contribution in [2.45, 2.75) is 26.5 Å². The Morgan fingerprint density at radius 2 is 1.85 bits per heavy atom. The first kappa shape index (κ1) is 14.7. The maximum Gasteiger partial charge on any atom is 0.134 e. The third kappa shape index (κ3) is 3.90. The Labute approximate surface area is 127 Å². The molecule has 0 aliphatic heterocycles. The summed E-state index contributed by atoms with van der Waals surface area (Å²) in [4.78, 5) is 0. The van der Waals surface area contributed by atoms with Crippen LogP contribution in [0.25, 0.3) is 0 Å². The lowest BCUT2D eigenvalue weighted by molar-refractivity contribution is 0.242. The highest BCUT2D eigenvalue weighted by Crippen LogP contribution is 2.28. The second kappa shape index (κ2) is 6.66. The molecule has 0 aromatic heterocycles. The Morgan fingerprint density at radius 1 is 1.15 bits per heavy atom. The molecule has 0 heterocycles. The normalized spacial score (nSPS) is 10.6. The number of benzene rings is 2. The molecule has 2 N–H and O–H groups in total. The van der Waals surface area contributed by atoms with Crippen LogP contribution in [0.15, 0.2) is 46.9 Å². The average Bonchev–Trinajstić information content (AvgIpc) is 2.41. The fourth-order valence-electron chi connectivity index (χ4n) is 1.82. The van der Waals surface area contributed by atoms with Crippen molar-refractivity contribution in [2.75, 3.05) is 5.32 Å². The average molecular weight is 336 g/mol. The van der Waals surface area contributed by atoms with Crippen LogP contribution in [-0.4, -0.2) is 11.2 Å². The summed E-state index contributed by atoms with van der Waals surface area (Å²) in [6.45, 7) is 4.57. The number of halogens is 1. The summed E-state index contributed by atoms with van der Waals surface area (Å²) >= 11 is 3.31. The molecular weight excluding hydrogens is 318 g/mol. The first-order valence-corrected chi connectivity index (χ1v) is 7.32. The van der Waals surface area contributed by atoms with E-state index in [1.54, 1.807) is 0 Å². The number of phenolic OH excluding ortho intramolecular Hbond substituents is 1. The van der Waals surface area contributed by atoms with Gasteiger partial charge in [0.15, 0.2) is 0 Å². The fourth-order valence-corrected chi connectivity index (χ4v) is 2.23. The molecule has 0 unspecified atom stereocenters. The topological polar surface area (TPSA) is 41.5 Å². The van der Waals surface area contributed by atoms with Crippen molar-refractivity contribution in [3.8, 4) is 11.5 Å². The van der Waals surface area contributed by atoms with Crippen molar-refractivity contribution < 1.29 is 9.84 Å². The van der Waals surface area contributed by atoms with Gasteiger partial charge in [-0.25, -0.2) is 0 Å². The van der Waals surface area contributed by atoms with E-state index in [1.807, 2.05) is 56.3 Å². The standard InChI is InChI=1S/C16H18BrNO2/c1-11(2)20-14-8-6-13(7-9-14)18-10-12-4-3-5-15(17)16(12)19/h3-9,11,18-19H,10H2,1-2H3. The molecule has 2 aromatic carbocycles. The Kier molecular flexibility index (Phi) is 4.90. The molecule has 106 valence electrons. The quantitative estimate of drug-likeness (QED) is 0.841. The minimum atomic E-state index is 0.174. The lowest BCUT2D eigenvalue weighted by Crippen LogP contribution is -2.05. The second-order valence-corrected chi connectivity index (χ2v) is 5.65. The summed E-state index contributed by atoms with van der Waals surface area (Å²) in [6.07, 6.45) is 0.174. The number of hydrogen-bond acceptors (Lipinski definition) is 3. The van der Waals surface area contributed by atoms with Crippen LogP contribution in [0, 0.1) is 0 Å². The maximum absolute atomic E-state index is 9.91. The molecule has 0 amide bonds. The molecule has 4 heteroatoms. The summed E-state index contributed by atoms with van der Waals surface area (Å²) in [5, 5.41) is 13.2. The Balaban J connectivity index is 1.99. The Bertz CT molecular complexity index is 567. The minimum absolute atomic E-state index is 0.174. The zero-order valence-corrected chi connectivity index (χ0v) is 13.1. The van der Waals surface area contributed by atoms with Gasteiger partial charge in [-0.1, -0.05) is 12.1 Å². The van der Waals surface area contributed by atoms with Gasteiger partial charge >= 0.3 is 0 Å². The van der Waals surface area contributed by atoms with E-state index < -0.39 is 0 Å². The molecule has 20 heavy (non-hydrogen) atoms. The van der Waals surface area contributed by atoms with Gasteiger partial charge in [0, 0.05) is 17.8 Å². The zero-order valence-electron chi connectivity index (χ0n) is 11.6. The number of phenols is 1. The van der Waals surface area contributed by atoms with Gasteiger partial charge < -0.3 is 15.2 Å². The van der Waals surface area contributed by atoms with Gasteiger partial charge in [0.2, 0.25) is 0 Å². The lowest BCUT2D eigenvalue weighted by Gasteiger charge is -2.12. The van der Waals surface area contributed by atoms with E-state index in [4.69, 9.17) is 4.74 Å². The molecular formula is C16H18BrNO2. The van der Waals surface area contributed by atoms with Crippen molar-refractivity contribution in [3.63, 3.8) is 0 Å². The van der Waals surface area contributed by atoms with Gasteiger partial charge in [-0.05, 0) is 60.1 Å². The number of anilines is 1. The molecule has 0 radical (unpaired) electrons. The van der Waals surface area contributed by atoms with Crippen LogP contribution >= 0.6 is 15.9 Å². The third-order valence-corrected chi connectivity index (χ3v) is 3.42. The summed E-state index contributed by atoms with van der Waals surface area (Å²) in [6, 6.07) is 13.4. The van der Waals surface area contributed by atoms with Gasteiger partial charge in [0.05, 0.1) is 10.6 Å². The monoisotopic (exact) mass is 335 g/mol. The van der Waals surface area contributed by atoms with Crippen LogP contribution in [0.4, 0.5) is 5.69 Å². The molecule has 2 aromatic rings. The molecule has 0 fully saturated rings. The van der Waals surface area contributed by atoms with Gasteiger partial charge in [0.25, 0.3) is 0 Å². The summed E-state index contributed by atoms with van der Waals surface area (Å²) in [7, 11) is 0. The van der Waals surface area contributed by atoms with Crippen LogP contribution < -0.4 is 10.1 Å². The zero-order chi connectivity index (χ0) is 14.5. The number of hydrogen-bond donors (Lipinski definition) is 2. The Hall–Kier alpha value is -1.68. The van der Waals surface area contributed by atoms with Gasteiger partial charge in [-0.15, -0.1) is 0 Å². The van der Waals surface area contributed by atoms with E-state index >= 15 is 0 Å². The molecule has 0 bridgehead atoms. The van der Waals surface area contributed by atoms with Crippen molar-refractivity contribution in [1.82, 2.24) is 0 Å². The number of aromatic hydroxyl groups is 1. The molecule has 0 spiro atoms. The van der Waals surface area contributed by atoms with Crippen LogP contribution in [-0.2, 0) is 6.54 Å². The molecule has 0 aliphatic rings. The predicted octanol–water partition coefficient (Wildman–Crippen LogP) is 4.55. The van der Waals surface area contributed by atoms with E-state index in [9.17, 15) is 5.11 Å². The van der Waals surface area contributed by atoms with Gasteiger partial charge in [-0.2, -0.15) is 0 Å². The number of ether oxygens (including phenoxy) is 1. The number of nitrogens with one attached hydrogen (secondary N) is 1. The largest absolute Gasteiger partial charge is 0.506 e. The molecule has 0 saturated carbocycles. The number of para-hydroxylation sites is 1. The fraction of sp³-hybridized carbons (Fsp3) is 0.250. The second-order valence-electron chi connectivity index (χ2n) is 4.79. The smallest absolute Gasteiger partial charge is 0.134 e. The van der Waals surface area contributed by atoms with Crippen LogP contribution in [0.2, 0.25) is 0 Å². The van der Waals surface area contributed by atoms with Crippen LogP contribution in [0.1, 0.15) is 19.4 Å². The molecule has 2 rings (SSSR count). The summed E-state index contributed by atoms with van der Waals surface area (Å²) in [5.74, 6) is 1.13. The van der Waals surface area contributed by atoms with E-state index in [0.29, 0.717) is 11.0 Å². The predicted molar refractivity (Wildman–Crippen MR) is 85.3 cm³/mol. The first-order valence-electron chi connectivity index (χ1n) is 6.53. The molecule has 3 nitrogen and oxygen atoms in total. The minimum Gasteiger partial charge on any atom is -0.506 e. The van der Waals surface area contributed by atoms with Crippen molar-refractivity contribution in [3.05, 3.63) is 52.5 Å². The molecule has 0 saturated heterocycles. The molecule has 0 atom stereocenters. The Morgan fingerprint density at radius 3 is 2.50 bits per heavy atom. The SMILES string of the molecule is CC(C)Oc1ccc(NCc2cccc(Br)c2O)cc1. The van der Waals surface area contributed by atoms with Crippen LogP contribution in [0.3, 0.4) is 0 Å². The van der Waals surface area contributed by atoms with E-state index in [0.717, 1.165) is 17.0 Å². The van der Waals surface area contributed by atoms with E-state index in [-0.39, 0.29) is 11.9 Å².